The average Bonchev–Trinajstić information content (AvgIpc) is 2.57. The van der Waals surface area contributed by atoms with Gasteiger partial charge >= 0.3 is 0 Å². The van der Waals surface area contributed by atoms with E-state index in [0.29, 0.717) is 11.5 Å². The molecule has 0 radical (unpaired) electrons. The van der Waals surface area contributed by atoms with E-state index in [1.165, 1.54) is 6.33 Å². The Balaban J connectivity index is 1.78. The van der Waals surface area contributed by atoms with E-state index >= 15 is 0 Å². The quantitative estimate of drug-likeness (QED) is 0.770. The molecule has 0 aliphatic rings. The molecule has 5 nitrogen and oxygen atoms in total. The van der Waals surface area contributed by atoms with Gasteiger partial charge in [-0.15, -0.1) is 0 Å². The number of nitrogens with two attached hydrogens (primary N) is 1. The molecule has 2 heterocycles. The van der Waals surface area contributed by atoms with Crippen molar-refractivity contribution in [3.05, 3.63) is 72.4 Å². The van der Waals surface area contributed by atoms with E-state index in [9.17, 15) is 0 Å². The molecule has 3 aromatic rings. The number of aromatic nitrogens is 3. The van der Waals surface area contributed by atoms with Gasteiger partial charge in [-0.25, -0.2) is 15.0 Å². The van der Waals surface area contributed by atoms with Crippen LogP contribution in [0.2, 0.25) is 0 Å². The van der Waals surface area contributed by atoms with E-state index < -0.39 is 0 Å². The van der Waals surface area contributed by atoms with E-state index in [0.717, 1.165) is 16.8 Å². The fourth-order valence-electron chi connectivity index (χ4n) is 1.97. The van der Waals surface area contributed by atoms with Crippen LogP contribution < -0.4 is 11.1 Å². The fourth-order valence-corrected chi connectivity index (χ4v) is 1.97. The molecule has 22 heavy (non-hydrogen) atoms. The number of nitrogens with zero attached hydrogens (tertiary/aromatic N) is 3. The molecule has 0 atom stereocenters. The Morgan fingerprint density at radius 2 is 1.77 bits per heavy atom. The molecule has 0 unspecified atom stereocenters. The molecule has 0 saturated heterocycles. The summed E-state index contributed by atoms with van der Waals surface area (Å²) in [6, 6.07) is 11.6. The van der Waals surface area contributed by atoms with Crippen LogP contribution in [0.1, 0.15) is 11.1 Å². The summed E-state index contributed by atoms with van der Waals surface area (Å²) in [6.45, 7) is 0. The standard InChI is InChI=1S/C17H15N5/c18-16-5-2-8-21-17(16)22-15-4-1-3-13(9-15)6-7-14-10-19-12-20-11-14/h1-12H,18H2,(H,21,22). The predicted octanol–water partition coefficient (Wildman–Crippen LogP) is 3.37. The molecule has 1 aromatic carbocycles. The molecule has 0 aliphatic carbocycles. The predicted molar refractivity (Wildman–Crippen MR) is 89.3 cm³/mol. The third-order valence-corrected chi connectivity index (χ3v) is 3.04. The molecular weight excluding hydrogens is 274 g/mol. The van der Waals surface area contributed by atoms with Gasteiger partial charge in [-0.3, -0.25) is 0 Å². The molecule has 3 N–H and O–H groups in total. The van der Waals surface area contributed by atoms with Gasteiger partial charge < -0.3 is 11.1 Å². The first-order valence-electron chi connectivity index (χ1n) is 6.82. The molecule has 0 aliphatic heterocycles. The van der Waals surface area contributed by atoms with Crippen LogP contribution in [0.3, 0.4) is 0 Å². The van der Waals surface area contributed by atoms with Crippen molar-refractivity contribution < 1.29 is 0 Å². The van der Waals surface area contributed by atoms with Gasteiger partial charge in [0.2, 0.25) is 0 Å². The minimum Gasteiger partial charge on any atom is -0.396 e. The van der Waals surface area contributed by atoms with Crippen LogP contribution in [0.5, 0.6) is 0 Å². The van der Waals surface area contributed by atoms with Crippen molar-refractivity contribution in [3.63, 3.8) is 0 Å². The van der Waals surface area contributed by atoms with E-state index in [-0.39, 0.29) is 0 Å². The SMILES string of the molecule is Nc1cccnc1Nc1cccc(C=Cc2cncnc2)c1. The van der Waals surface area contributed by atoms with Crippen LogP contribution >= 0.6 is 0 Å². The number of nitrogen functional groups attached to an aromatic ring is 1. The van der Waals surface area contributed by atoms with Gasteiger partial charge in [0.1, 0.15) is 6.33 Å². The van der Waals surface area contributed by atoms with Gasteiger partial charge in [0.25, 0.3) is 0 Å². The largest absolute Gasteiger partial charge is 0.396 e. The highest BCUT2D eigenvalue weighted by atomic mass is 15.0. The van der Waals surface area contributed by atoms with E-state index in [1.807, 2.05) is 48.6 Å². The Labute approximate surface area is 128 Å². The third-order valence-electron chi connectivity index (χ3n) is 3.04. The molecule has 5 heteroatoms. The molecule has 2 aromatic heterocycles. The highest BCUT2D eigenvalue weighted by Gasteiger charge is 2.00. The summed E-state index contributed by atoms with van der Waals surface area (Å²) in [5.74, 6) is 0.653. The zero-order valence-corrected chi connectivity index (χ0v) is 11.8. The van der Waals surface area contributed by atoms with E-state index in [4.69, 9.17) is 5.73 Å². The molecule has 3 rings (SSSR count). The van der Waals surface area contributed by atoms with Gasteiger partial charge in [0.15, 0.2) is 5.82 Å². The zero-order chi connectivity index (χ0) is 15.2. The first-order valence-corrected chi connectivity index (χ1v) is 6.82. The molecular formula is C17H15N5. The maximum atomic E-state index is 5.89. The molecule has 0 spiro atoms. The number of hydrogen-bond donors (Lipinski definition) is 2. The van der Waals surface area contributed by atoms with Crippen LogP contribution in [0.25, 0.3) is 12.2 Å². The van der Waals surface area contributed by atoms with Crippen molar-refractivity contribution in [3.8, 4) is 0 Å². The van der Waals surface area contributed by atoms with Gasteiger partial charge in [-0.05, 0) is 29.8 Å². The molecule has 0 amide bonds. The summed E-state index contributed by atoms with van der Waals surface area (Å²) < 4.78 is 0. The minimum atomic E-state index is 0.616. The molecule has 0 saturated carbocycles. The Kier molecular flexibility index (Phi) is 4.06. The van der Waals surface area contributed by atoms with Crippen LogP contribution in [-0.2, 0) is 0 Å². The van der Waals surface area contributed by atoms with Gasteiger partial charge in [0, 0.05) is 29.8 Å². The van der Waals surface area contributed by atoms with Crippen molar-refractivity contribution in [2.75, 3.05) is 11.1 Å². The first-order chi connectivity index (χ1) is 10.8. The maximum absolute atomic E-state index is 5.89. The monoisotopic (exact) mass is 289 g/mol. The van der Waals surface area contributed by atoms with Crippen molar-refractivity contribution in [1.29, 1.82) is 0 Å². The second kappa shape index (κ2) is 6.49. The second-order valence-corrected chi connectivity index (χ2v) is 4.70. The lowest BCUT2D eigenvalue weighted by molar-refractivity contribution is 1.16. The van der Waals surface area contributed by atoms with Crippen LogP contribution in [-0.4, -0.2) is 15.0 Å². The number of anilines is 3. The Morgan fingerprint density at radius 1 is 0.955 bits per heavy atom. The highest BCUT2D eigenvalue weighted by Crippen LogP contribution is 2.21. The number of pyridine rings is 1. The zero-order valence-electron chi connectivity index (χ0n) is 11.8. The molecule has 0 bridgehead atoms. The summed E-state index contributed by atoms with van der Waals surface area (Å²) in [4.78, 5) is 12.2. The normalized spacial score (nSPS) is 10.7. The third kappa shape index (κ3) is 3.46. The van der Waals surface area contributed by atoms with Gasteiger partial charge in [-0.1, -0.05) is 24.3 Å². The Morgan fingerprint density at radius 3 is 2.59 bits per heavy atom. The average molecular weight is 289 g/mol. The van der Waals surface area contributed by atoms with Crippen LogP contribution in [0, 0.1) is 0 Å². The van der Waals surface area contributed by atoms with Crippen molar-refractivity contribution in [2.45, 2.75) is 0 Å². The van der Waals surface area contributed by atoms with Crippen LogP contribution in [0.4, 0.5) is 17.2 Å². The number of benzene rings is 1. The Bertz CT molecular complexity index is 784. The number of rotatable bonds is 4. The molecule has 0 fully saturated rings. The van der Waals surface area contributed by atoms with E-state index in [2.05, 4.69) is 20.3 Å². The second-order valence-electron chi connectivity index (χ2n) is 4.70. The first kappa shape index (κ1) is 13.8. The van der Waals surface area contributed by atoms with Gasteiger partial charge in [0.05, 0.1) is 5.69 Å². The summed E-state index contributed by atoms with van der Waals surface area (Å²) in [5, 5.41) is 3.22. The summed E-state index contributed by atoms with van der Waals surface area (Å²) in [7, 11) is 0. The maximum Gasteiger partial charge on any atom is 0.153 e. The highest BCUT2D eigenvalue weighted by molar-refractivity contribution is 5.73. The van der Waals surface area contributed by atoms with Crippen LogP contribution in [0.15, 0.2) is 61.3 Å². The topological polar surface area (TPSA) is 76.7 Å². The Hall–Kier alpha value is -3.21. The van der Waals surface area contributed by atoms with Crippen molar-refractivity contribution in [1.82, 2.24) is 15.0 Å². The lowest BCUT2D eigenvalue weighted by Gasteiger charge is -2.08. The minimum absolute atomic E-state index is 0.616. The van der Waals surface area contributed by atoms with Crippen molar-refractivity contribution in [2.24, 2.45) is 0 Å². The smallest absolute Gasteiger partial charge is 0.153 e. The summed E-state index contributed by atoms with van der Waals surface area (Å²) >= 11 is 0. The number of nitrogens with one attached hydrogen (secondary N) is 1. The van der Waals surface area contributed by atoms with E-state index in [1.54, 1.807) is 18.6 Å². The number of hydrogen-bond acceptors (Lipinski definition) is 5. The van der Waals surface area contributed by atoms with Crippen molar-refractivity contribution >= 4 is 29.3 Å². The fraction of sp³-hybridized carbons (Fsp3) is 0. The van der Waals surface area contributed by atoms with Gasteiger partial charge in [-0.2, -0.15) is 0 Å². The summed E-state index contributed by atoms with van der Waals surface area (Å²) in [5.41, 5.74) is 9.44. The lowest BCUT2D eigenvalue weighted by Crippen LogP contribution is -1.98. The summed E-state index contributed by atoms with van der Waals surface area (Å²) in [6.07, 6.45) is 10.7. The lowest BCUT2D eigenvalue weighted by atomic mass is 10.1. The molecule has 108 valence electrons.